The third-order valence-corrected chi connectivity index (χ3v) is 13.0. The third kappa shape index (κ3) is 4.17. The minimum Gasteiger partial charge on any atom is -0.310 e. The first kappa shape index (κ1) is 31.3. The van der Waals surface area contributed by atoms with E-state index in [1.165, 1.54) is 89.4 Å². The Morgan fingerprint density at radius 1 is 0.442 bits per heavy atom. The lowest BCUT2D eigenvalue weighted by Gasteiger charge is -2.32. The zero-order valence-electron chi connectivity index (χ0n) is 31.1. The molecule has 0 radical (unpaired) electrons. The summed E-state index contributed by atoms with van der Waals surface area (Å²) < 4.78 is 0. The van der Waals surface area contributed by atoms with Gasteiger partial charge in [0.25, 0.3) is 0 Å². The van der Waals surface area contributed by atoms with Crippen molar-refractivity contribution >= 4 is 22.6 Å². The summed E-state index contributed by atoms with van der Waals surface area (Å²) in [5, 5.41) is 0. The van der Waals surface area contributed by atoms with Crippen LogP contribution >= 0.6 is 0 Å². The summed E-state index contributed by atoms with van der Waals surface area (Å²) in [6, 6.07) is 48.5. The molecule has 0 N–H and O–H groups in total. The van der Waals surface area contributed by atoms with Crippen LogP contribution in [0.4, 0.5) is 17.1 Å². The van der Waals surface area contributed by atoms with Crippen molar-refractivity contribution in [2.75, 3.05) is 4.90 Å². The second-order valence-electron chi connectivity index (χ2n) is 16.8. The Bertz CT molecular complexity index is 2550. The lowest BCUT2D eigenvalue weighted by molar-refractivity contribution is 0.607. The van der Waals surface area contributed by atoms with E-state index in [4.69, 9.17) is 0 Å². The molecule has 0 saturated heterocycles. The number of allylic oxidation sites excluding steroid dienone is 4. The highest BCUT2D eigenvalue weighted by atomic mass is 15.1. The van der Waals surface area contributed by atoms with Gasteiger partial charge >= 0.3 is 0 Å². The van der Waals surface area contributed by atoms with Crippen molar-refractivity contribution in [3.63, 3.8) is 0 Å². The molecule has 4 aliphatic carbocycles. The highest BCUT2D eigenvalue weighted by Gasteiger charge is 2.40. The number of benzene rings is 6. The van der Waals surface area contributed by atoms with Gasteiger partial charge in [-0.25, -0.2) is 0 Å². The van der Waals surface area contributed by atoms with Gasteiger partial charge in [0.05, 0.1) is 5.69 Å². The number of rotatable bonds is 4. The van der Waals surface area contributed by atoms with Crippen molar-refractivity contribution in [3.05, 3.63) is 178 Å². The summed E-state index contributed by atoms with van der Waals surface area (Å²) in [6.45, 7) is 14.4. The average molecular weight is 672 g/mol. The molecule has 6 aromatic carbocycles. The van der Waals surface area contributed by atoms with Crippen LogP contribution in [0.1, 0.15) is 87.8 Å². The summed E-state index contributed by atoms with van der Waals surface area (Å²) >= 11 is 0. The smallest absolute Gasteiger partial charge is 0.0540 e. The minimum atomic E-state index is -0.0993. The molecular weight excluding hydrogens is 627 g/mol. The fourth-order valence-electron chi connectivity index (χ4n) is 10.3. The Balaban J connectivity index is 1.22. The molecule has 0 saturated carbocycles. The molecule has 0 bridgehead atoms. The number of nitrogens with zero attached hydrogens (tertiary/aromatic N) is 1. The van der Waals surface area contributed by atoms with Crippen LogP contribution in [0.3, 0.4) is 0 Å². The van der Waals surface area contributed by atoms with Crippen LogP contribution in [-0.4, -0.2) is 0 Å². The summed E-state index contributed by atoms with van der Waals surface area (Å²) in [5.41, 5.74) is 22.7. The Morgan fingerprint density at radius 2 is 0.981 bits per heavy atom. The van der Waals surface area contributed by atoms with Gasteiger partial charge < -0.3 is 4.90 Å². The molecule has 1 nitrogen and oxygen atoms in total. The van der Waals surface area contributed by atoms with E-state index in [1.807, 2.05) is 0 Å². The molecule has 0 heterocycles. The predicted molar refractivity (Wildman–Crippen MR) is 220 cm³/mol. The second-order valence-corrected chi connectivity index (χ2v) is 16.8. The van der Waals surface area contributed by atoms with E-state index in [0.29, 0.717) is 0 Å². The van der Waals surface area contributed by atoms with Crippen LogP contribution in [0.5, 0.6) is 0 Å². The van der Waals surface area contributed by atoms with Crippen molar-refractivity contribution in [1.29, 1.82) is 0 Å². The fraction of sp³-hybridized carbons (Fsp3) is 0.216. The minimum absolute atomic E-state index is 0.0201. The van der Waals surface area contributed by atoms with Crippen molar-refractivity contribution in [2.45, 2.75) is 70.6 Å². The lowest BCUT2D eigenvalue weighted by atomic mass is 9.78. The molecule has 6 aromatic rings. The van der Waals surface area contributed by atoms with Gasteiger partial charge in [0.15, 0.2) is 0 Å². The molecule has 0 spiro atoms. The number of hydrogen-bond donors (Lipinski definition) is 0. The number of para-hydroxylation sites is 1. The van der Waals surface area contributed by atoms with E-state index < -0.39 is 0 Å². The zero-order valence-corrected chi connectivity index (χ0v) is 31.1. The molecule has 10 rings (SSSR count). The van der Waals surface area contributed by atoms with E-state index in [0.717, 1.165) is 12.8 Å². The normalized spacial score (nSPS) is 17.6. The largest absolute Gasteiger partial charge is 0.310 e. The quantitative estimate of drug-likeness (QED) is 0.180. The van der Waals surface area contributed by atoms with E-state index in [1.54, 1.807) is 5.57 Å². The molecule has 254 valence electrons. The number of hydrogen-bond acceptors (Lipinski definition) is 1. The highest BCUT2D eigenvalue weighted by molar-refractivity contribution is 5.99. The summed E-state index contributed by atoms with van der Waals surface area (Å²) in [4.78, 5) is 2.55. The molecule has 0 unspecified atom stereocenters. The van der Waals surface area contributed by atoms with Crippen LogP contribution in [-0.2, 0) is 16.2 Å². The van der Waals surface area contributed by atoms with Crippen LogP contribution in [0.25, 0.3) is 39.0 Å². The molecule has 0 fully saturated rings. The third-order valence-electron chi connectivity index (χ3n) is 13.0. The van der Waals surface area contributed by atoms with Crippen LogP contribution < -0.4 is 4.90 Å². The van der Waals surface area contributed by atoms with Crippen molar-refractivity contribution in [3.8, 4) is 33.4 Å². The SMILES string of the molecule is CC1(C)C2=C(C=CCC2)c2ccc(N(c3ccc4c(c3)C(C)(C)c3ccccc3-4)c3ccccc3-c3cccc4c3-c3ccccc3C4(C)C)cc21. The zero-order chi connectivity index (χ0) is 35.6. The standard InChI is InChI=1S/C51H45N/c1-49(2)43-23-13-9-19-40(43)48-39(20-15-24-44(48)49)38-18-10-14-25-47(38)52(32-26-28-36-34-16-7-11-21-41(34)50(3,4)45(36)30-32)33-27-29-37-35-17-8-12-22-42(35)51(5,6)46(37)31-33/h7-11,13-21,23-31H,12,22H2,1-6H3. The molecule has 52 heavy (non-hydrogen) atoms. The molecule has 0 aromatic heterocycles. The van der Waals surface area contributed by atoms with E-state index in [2.05, 4.69) is 186 Å². The summed E-state index contributed by atoms with van der Waals surface area (Å²) in [5.74, 6) is 0. The second kappa shape index (κ2) is 10.8. The maximum atomic E-state index is 2.55. The van der Waals surface area contributed by atoms with Gasteiger partial charge in [0, 0.05) is 33.2 Å². The molecule has 1 heteroatoms. The first-order valence-electron chi connectivity index (χ1n) is 19.0. The van der Waals surface area contributed by atoms with Crippen molar-refractivity contribution in [1.82, 2.24) is 0 Å². The maximum absolute atomic E-state index is 2.55. The Hall–Kier alpha value is -5.40. The van der Waals surface area contributed by atoms with Gasteiger partial charge in [-0.1, -0.05) is 156 Å². The van der Waals surface area contributed by atoms with Gasteiger partial charge in [-0.3, -0.25) is 0 Å². The molecule has 0 atom stereocenters. The topological polar surface area (TPSA) is 3.24 Å². The van der Waals surface area contributed by atoms with Gasteiger partial charge in [-0.05, 0) is 110 Å². The number of fused-ring (bicyclic) bond motifs is 8. The first-order chi connectivity index (χ1) is 25.1. The van der Waals surface area contributed by atoms with Crippen molar-refractivity contribution < 1.29 is 0 Å². The predicted octanol–water partition coefficient (Wildman–Crippen LogP) is 13.8. The van der Waals surface area contributed by atoms with Crippen molar-refractivity contribution in [2.24, 2.45) is 0 Å². The van der Waals surface area contributed by atoms with Crippen LogP contribution in [0, 0.1) is 0 Å². The molecule has 4 aliphatic rings. The van der Waals surface area contributed by atoms with E-state index in [9.17, 15) is 0 Å². The van der Waals surface area contributed by atoms with Gasteiger partial charge in [0.1, 0.15) is 0 Å². The maximum Gasteiger partial charge on any atom is 0.0540 e. The van der Waals surface area contributed by atoms with Crippen LogP contribution in [0.15, 0.2) is 145 Å². The molecule has 0 amide bonds. The number of anilines is 3. The average Bonchev–Trinajstić information content (AvgIpc) is 3.65. The summed E-state index contributed by atoms with van der Waals surface area (Å²) in [6.07, 6.45) is 6.97. The van der Waals surface area contributed by atoms with E-state index >= 15 is 0 Å². The summed E-state index contributed by atoms with van der Waals surface area (Å²) in [7, 11) is 0. The van der Waals surface area contributed by atoms with E-state index in [-0.39, 0.29) is 16.2 Å². The monoisotopic (exact) mass is 671 g/mol. The fourth-order valence-corrected chi connectivity index (χ4v) is 10.3. The lowest BCUT2D eigenvalue weighted by Crippen LogP contribution is -2.19. The van der Waals surface area contributed by atoms with Gasteiger partial charge in [-0.15, -0.1) is 0 Å². The highest BCUT2D eigenvalue weighted by Crippen LogP contribution is 2.56. The van der Waals surface area contributed by atoms with Crippen LogP contribution in [0.2, 0.25) is 0 Å². The Labute approximate surface area is 309 Å². The Morgan fingerprint density at radius 3 is 1.73 bits per heavy atom. The molecular formula is C51H45N. The van der Waals surface area contributed by atoms with Gasteiger partial charge in [-0.2, -0.15) is 0 Å². The first-order valence-corrected chi connectivity index (χ1v) is 19.0. The Kier molecular flexibility index (Phi) is 6.52. The molecule has 0 aliphatic heterocycles. The van der Waals surface area contributed by atoms with Gasteiger partial charge in [0.2, 0.25) is 0 Å².